The third-order valence-corrected chi connectivity index (χ3v) is 3.88. The first-order valence-corrected chi connectivity index (χ1v) is 7.49. The molecule has 1 saturated heterocycles. The van der Waals surface area contributed by atoms with Gasteiger partial charge in [-0.15, -0.1) is 0 Å². The van der Waals surface area contributed by atoms with Crippen LogP contribution in [0.1, 0.15) is 20.8 Å². The second kappa shape index (κ2) is 6.60. The van der Waals surface area contributed by atoms with E-state index in [4.69, 9.17) is 4.74 Å². The maximum atomic E-state index is 13.7. The van der Waals surface area contributed by atoms with Crippen LogP contribution in [-0.4, -0.2) is 54.0 Å². The van der Waals surface area contributed by atoms with E-state index in [0.29, 0.717) is 13.1 Å². The number of carbonyl (C=O) groups is 1. The van der Waals surface area contributed by atoms with Crippen LogP contribution < -0.4 is 4.74 Å². The standard InChI is InChI=1S/C16H22F2N2O2/c1-4-19-7-9-20(10-8-19)15(21)16(2,3)22-14-6-5-12(17)11-13(14)18/h5-6,11H,4,7-10H2,1-3H3. The van der Waals surface area contributed by atoms with Gasteiger partial charge in [-0.3, -0.25) is 4.79 Å². The molecule has 122 valence electrons. The second-order valence-electron chi connectivity index (χ2n) is 5.91. The summed E-state index contributed by atoms with van der Waals surface area (Å²) >= 11 is 0. The zero-order chi connectivity index (χ0) is 16.3. The van der Waals surface area contributed by atoms with Crippen LogP contribution in [0.2, 0.25) is 0 Å². The largest absolute Gasteiger partial charge is 0.475 e. The van der Waals surface area contributed by atoms with Crippen molar-refractivity contribution in [1.29, 1.82) is 0 Å². The SMILES string of the molecule is CCN1CCN(C(=O)C(C)(C)Oc2ccc(F)cc2F)CC1. The monoisotopic (exact) mass is 312 g/mol. The summed E-state index contributed by atoms with van der Waals surface area (Å²) < 4.78 is 32.1. The molecule has 0 aliphatic carbocycles. The van der Waals surface area contributed by atoms with Crippen LogP contribution in [0, 0.1) is 11.6 Å². The van der Waals surface area contributed by atoms with Gasteiger partial charge < -0.3 is 14.5 Å². The Morgan fingerprint density at radius 3 is 2.41 bits per heavy atom. The van der Waals surface area contributed by atoms with Gasteiger partial charge >= 0.3 is 0 Å². The molecular weight excluding hydrogens is 290 g/mol. The highest BCUT2D eigenvalue weighted by Crippen LogP contribution is 2.24. The first kappa shape index (κ1) is 16.7. The third-order valence-electron chi connectivity index (χ3n) is 3.88. The molecular formula is C16H22F2N2O2. The van der Waals surface area contributed by atoms with E-state index in [1.807, 2.05) is 0 Å². The summed E-state index contributed by atoms with van der Waals surface area (Å²) in [7, 11) is 0. The van der Waals surface area contributed by atoms with Gasteiger partial charge in [-0.2, -0.15) is 0 Å². The summed E-state index contributed by atoms with van der Waals surface area (Å²) in [6.07, 6.45) is 0. The Bertz CT molecular complexity index is 541. The number of piperazine rings is 1. The van der Waals surface area contributed by atoms with Crippen LogP contribution in [0.5, 0.6) is 5.75 Å². The van der Waals surface area contributed by atoms with E-state index < -0.39 is 17.2 Å². The fourth-order valence-corrected chi connectivity index (χ4v) is 2.52. The molecule has 1 aromatic rings. The van der Waals surface area contributed by atoms with E-state index in [9.17, 15) is 13.6 Å². The molecule has 0 radical (unpaired) electrons. The van der Waals surface area contributed by atoms with E-state index in [2.05, 4.69) is 11.8 Å². The molecule has 4 nitrogen and oxygen atoms in total. The van der Waals surface area contributed by atoms with Gasteiger partial charge in [0.15, 0.2) is 17.2 Å². The maximum absolute atomic E-state index is 13.7. The van der Waals surface area contributed by atoms with Crippen molar-refractivity contribution in [2.24, 2.45) is 0 Å². The number of hydrogen-bond donors (Lipinski definition) is 0. The number of carbonyl (C=O) groups excluding carboxylic acids is 1. The molecule has 1 aromatic carbocycles. The molecule has 2 rings (SSSR count). The molecule has 0 spiro atoms. The van der Waals surface area contributed by atoms with Gasteiger partial charge in [0, 0.05) is 32.2 Å². The number of halogens is 2. The Labute approximate surface area is 129 Å². The predicted octanol–water partition coefficient (Wildman–Crippen LogP) is 2.29. The molecule has 6 heteroatoms. The maximum Gasteiger partial charge on any atom is 0.266 e. The zero-order valence-electron chi connectivity index (χ0n) is 13.2. The van der Waals surface area contributed by atoms with Crippen molar-refractivity contribution >= 4 is 5.91 Å². The normalized spacial score (nSPS) is 16.7. The minimum absolute atomic E-state index is 0.119. The van der Waals surface area contributed by atoms with Crippen molar-refractivity contribution < 1.29 is 18.3 Å². The van der Waals surface area contributed by atoms with E-state index in [0.717, 1.165) is 31.8 Å². The highest BCUT2D eigenvalue weighted by Gasteiger charge is 2.36. The van der Waals surface area contributed by atoms with Crippen molar-refractivity contribution in [3.05, 3.63) is 29.8 Å². The lowest BCUT2D eigenvalue weighted by Crippen LogP contribution is -2.55. The minimum Gasteiger partial charge on any atom is -0.475 e. The van der Waals surface area contributed by atoms with Crippen LogP contribution in [0.3, 0.4) is 0 Å². The van der Waals surface area contributed by atoms with Crippen LogP contribution in [0.25, 0.3) is 0 Å². The van der Waals surface area contributed by atoms with Crippen molar-refractivity contribution in [3.8, 4) is 5.75 Å². The van der Waals surface area contributed by atoms with Crippen molar-refractivity contribution in [1.82, 2.24) is 9.80 Å². The molecule has 0 atom stereocenters. The van der Waals surface area contributed by atoms with Crippen molar-refractivity contribution in [2.75, 3.05) is 32.7 Å². The summed E-state index contributed by atoms with van der Waals surface area (Å²) in [5.74, 6) is -1.79. The van der Waals surface area contributed by atoms with Crippen LogP contribution >= 0.6 is 0 Å². The highest BCUT2D eigenvalue weighted by molar-refractivity contribution is 5.85. The van der Waals surface area contributed by atoms with E-state index in [1.54, 1.807) is 18.7 Å². The Morgan fingerprint density at radius 1 is 1.23 bits per heavy atom. The van der Waals surface area contributed by atoms with Gasteiger partial charge in [0.05, 0.1) is 0 Å². The van der Waals surface area contributed by atoms with Crippen molar-refractivity contribution in [2.45, 2.75) is 26.4 Å². The lowest BCUT2D eigenvalue weighted by atomic mass is 10.1. The van der Waals surface area contributed by atoms with E-state index in [1.165, 1.54) is 6.07 Å². The summed E-state index contributed by atoms with van der Waals surface area (Å²) in [5, 5.41) is 0. The molecule has 0 bridgehead atoms. The zero-order valence-corrected chi connectivity index (χ0v) is 13.2. The Kier molecular flexibility index (Phi) is 5.01. The highest BCUT2D eigenvalue weighted by atomic mass is 19.1. The second-order valence-corrected chi connectivity index (χ2v) is 5.91. The lowest BCUT2D eigenvalue weighted by Gasteiger charge is -2.38. The van der Waals surface area contributed by atoms with Crippen LogP contribution in [0.4, 0.5) is 8.78 Å². The number of rotatable bonds is 4. The molecule has 0 saturated carbocycles. The smallest absolute Gasteiger partial charge is 0.266 e. The van der Waals surface area contributed by atoms with Gasteiger partial charge in [0.25, 0.3) is 5.91 Å². The number of nitrogens with zero attached hydrogens (tertiary/aromatic N) is 2. The van der Waals surface area contributed by atoms with Crippen LogP contribution in [0.15, 0.2) is 18.2 Å². The fraction of sp³-hybridized carbons (Fsp3) is 0.562. The predicted molar refractivity (Wildman–Crippen MR) is 79.8 cm³/mol. The molecule has 1 aliphatic heterocycles. The first-order valence-electron chi connectivity index (χ1n) is 7.49. The molecule has 1 heterocycles. The summed E-state index contributed by atoms with van der Waals surface area (Å²) in [5.41, 5.74) is -1.20. The molecule has 1 fully saturated rings. The Morgan fingerprint density at radius 2 is 1.86 bits per heavy atom. The summed E-state index contributed by atoms with van der Waals surface area (Å²) in [4.78, 5) is 16.6. The topological polar surface area (TPSA) is 32.8 Å². The number of ether oxygens (including phenoxy) is 1. The summed E-state index contributed by atoms with van der Waals surface area (Å²) in [6, 6.07) is 3.06. The van der Waals surface area contributed by atoms with Gasteiger partial charge in [-0.05, 0) is 32.5 Å². The number of likely N-dealkylation sites (N-methyl/N-ethyl adjacent to an activating group) is 1. The lowest BCUT2D eigenvalue weighted by molar-refractivity contribution is -0.147. The quantitative estimate of drug-likeness (QED) is 0.855. The molecule has 0 unspecified atom stereocenters. The minimum atomic E-state index is -1.20. The van der Waals surface area contributed by atoms with Gasteiger partial charge in [0.1, 0.15) is 5.82 Å². The number of benzene rings is 1. The van der Waals surface area contributed by atoms with Gasteiger partial charge in [0.2, 0.25) is 0 Å². The molecule has 0 aromatic heterocycles. The molecule has 1 amide bonds. The number of amides is 1. The molecule has 1 aliphatic rings. The Balaban J connectivity index is 2.04. The fourth-order valence-electron chi connectivity index (χ4n) is 2.52. The first-order chi connectivity index (χ1) is 10.3. The van der Waals surface area contributed by atoms with Crippen LogP contribution in [-0.2, 0) is 4.79 Å². The van der Waals surface area contributed by atoms with Crippen molar-refractivity contribution in [3.63, 3.8) is 0 Å². The summed E-state index contributed by atoms with van der Waals surface area (Å²) in [6.45, 7) is 9.16. The Hall–Kier alpha value is -1.69. The molecule has 22 heavy (non-hydrogen) atoms. The van der Waals surface area contributed by atoms with Gasteiger partial charge in [-0.25, -0.2) is 8.78 Å². The number of hydrogen-bond acceptors (Lipinski definition) is 3. The third kappa shape index (κ3) is 3.74. The average Bonchev–Trinajstić information content (AvgIpc) is 2.49. The molecule has 0 N–H and O–H groups in total. The van der Waals surface area contributed by atoms with Gasteiger partial charge in [-0.1, -0.05) is 6.92 Å². The van der Waals surface area contributed by atoms with E-state index >= 15 is 0 Å². The van der Waals surface area contributed by atoms with E-state index in [-0.39, 0.29) is 11.7 Å². The average molecular weight is 312 g/mol.